The van der Waals surface area contributed by atoms with E-state index in [4.69, 9.17) is 0 Å². The summed E-state index contributed by atoms with van der Waals surface area (Å²) in [6.07, 6.45) is 0. The molecule has 1 atom stereocenters. The molecule has 1 aliphatic heterocycles. The summed E-state index contributed by atoms with van der Waals surface area (Å²) in [7, 11) is 0. The summed E-state index contributed by atoms with van der Waals surface area (Å²) >= 11 is 1.82. The van der Waals surface area contributed by atoms with Crippen molar-refractivity contribution in [2.45, 2.75) is 5.25 Å². The van der Waals surface area contributed by atoms with Crippen LogP contribution in [0.25, 0.3) is 0 Å². The Morgan fingerprint density at radius 1 is 1.60 bits per heavy atom. The van der Waals surface area contributed by atoms with Gasteiger partial charge in [0.1, 0.15) is 0 Å². The average Bonchev–Trinajstić information content (AvgIpc) is 2.59. The number of nitrogens with one attached hydrogen (secondary N) is 2. The van der Waals surface area contributed by atoms with E-state index in [9.17, 15) is 0 Å². The molecule has 6 heteroatoms. The molecule has 1 aromatic heterocycles. The van der Waals surface area contributed by atoms with Crippen LogP contribution in [-0.4, -0.2) is 33.0 Å². The SMILES string of the molecule is C1NC[C@H](c2nnn[nH]2)S1. The van der Waals surface area contributed by atoms with Crippen LogP contribution in [-0.2, 0) is 0 Å². The highest BCUT2D eigenvalue weighted by atomic mass is 32.2. The average molecular weight is 157 g/mol. The third kappa shape index (κ3) is 0.994. The third-order valence-electron chi connectivity index (χ3n) is 1.38. The second-order valence-corrected chi connectivity index (χ2v) is 3.23. The first kappa shape index (κ1) is 6.11. The van der Waals surface area contributed by atoms with Crippen LogP contribution in [0, 0.1) is 0 Å². The Bertz CT molecular complexity index is 191. The van der Waals surface area contributed by atoms with Crippen LogP contribution in [0.2, 0.25) is 0 Å². The molecule has 0 aliphatic carbocycles. The van der Waals surface area contributed by atoms with Gasteiger partial charge in [-0.3, -0.25) is 0 Å². The number of aromatic amines is 1. The molecular weight excluding hydrogens is 150 g/mol. The van der Waals surface area contributed by atoms with Gasteiger partial charge in [-0.2, -0.15) is 0 Å². The van der Waals surface area contributed by atoms with Gasteiger partial charge in [-0.05, 0) is 10.4 Å². The molecule has 0 spiro atoms. The lowest BCUT2D eigenvalue weighted by Gasteiger charge is -1.98. The monoisotopic (exact) mass is 157 g/mol. The summed E-state index contributed by atoms with van der Waals surface area (Å²) in [6, 6.07) is 0. The van der Waals surface area contributed by atoms with Crippen molar-refractivity contribution in [3.05, 3.63) is 5.82 Å². The number of hydrogen-bond acceptors (Lipinski definition) is 5. The van der Waals surface area contributed by atoms with E-state index in [0.29, 0.717) is 5.25 Å². The molecular formula is C4H7N5S. The Kier molecular flexibility index (Phi) is 1.56. The van der Waals surface area contributed by atoms with Crippen molar-refractivity contribution in [3.63, 3.8) is 0 Å². The van der Waals surface area contributed by atoms with E-state index < -0.39 is 0 Å². The van der Waals surface area contributed by atoms with Crippen molar-refractivity contribution in [3.8, 4) is 0 Å². The molecule has 5 nitrogen and oxygen atoms in total. The summed E-state index contributed by atoms with van der Waals surface area (Å²) in [5.74, 6) is 1.86. The molecule has 0 unspecified atom stereocenters. The maximum Gasteiger partial charge on any atom is 0.162 e. The number of H-pyrrole nitrogens is 1. The molecule has 1 aliphatic rings. The number of rotatable bonds is 1. The standard InChI is InChI=1S/C4H7N5S/c1-3(10-2-5-1)4-6-8-9-7-4/h3,5H,1-2H2,(H,6,7,8,9)/t3-/m1/s1. The zero-order chi connectivity index (χ0) is 6.81. The van der Waals surface area contributed by atoms with E-state index in [2.05, 4.69) is 25.9 Å². The lowest BCUT2D eigenvalue weighted by Crippen LogP contribution is -2.08. The van der Waals surface area contributed by atoms with Crippen molar-refractivity contribution in [2.24, 2.45) is 0 Å². The zero-order valence-corrected chi connectivity index (χ0v) is 6.06. The van der Waals surface area contributed by atoms with Crippen molar-refractivity contribution < 1.29 is 0 Å². The zero-order valence-electron chi connectivity index (χ0n) is 5.24. The van der Waals surface area contributed by atoms with Gasteiger partial charge in [0.2, 0.25) is 0 Å². The highest BCUT2D eigenvalue weighted by Gasteiger charge is 2.19. The number of nitrogens with zero attached hydrogens (tertiary/aromatic N) is 3. The molecule has 54 valence electrons. The number of aromatic nitrogens is 4. The molecule has 0 aromatic carbocycles. The highest BCUT2D eigenvalue weighted by molar-refractivity contribution is 7.99. The van der Waals surface area contributed by atoms with Crippen molar-refractivity contribution >= 4 is 11.8 Å². The first-order valence-corrected chi connectivity index (χ1v) is 4.07. The third-order valence-corrected chi connectivity index (χ3v) is 2.55. The van der Waals surface area contributed by atoms with Gasteiger partial charge in [-0.1, -0.05) is 0 Å². The van der Waals surface area contributed by atoms with Crippen LogP contribution in [0.15, 0.2) is 0 Å². The second-order valence-electron chi connectivity index (χ2n) is 2.04. The van der Waals surface area contributed by atoms with Gasteiger partial charge in [0.05, 0.1) is 5.25 Å². The van der Waals surface area contributed by atoms with E-state index in [-0.39, 0.29) is 0 Å². The van der Waals surface area contributed by atoms with Crippen molar-refractivity contribution in [2.75, 3.05) is 12.4 Å². The van der Waals surface area contributed by atoms with Crippen LogP contribution in [0.5, 0.6) is 0 Å². The fraction of sp³-hybridized carbons (Fsp3) is 0.750. The van der Waals surface area contributed by atoms with Gasteiger partial charge >= 0.3 is 0 Å². The smallest absolute Gasteiger partial charge is 0.162 e. The normalized spacial score (nSPS) is 25.4. The predicted molar refractivity (Wildman–Crippen MR) is 37.4 cm³/mol. The van der Waals surface area contributed by atoms with Crippen LogP contribution >= 0.6 is 11.8 Å². The summed E-state index contributed by atoms with van der Waals surface area (Å²) in [6.45, 7) is 0.960. The molecule has 2 N–H and O–H groups in total. The van der Waals surface area contributed by atoms with E-state index in [1.807, 2.05) is 11.8 Å². The Morgan fingerprint density at radius 3 is 3.20 bits per heavy atom. The molecule has 0 amide bonds. The highest BCUT2D eigenvalue weighted by Crippen LogP contribution is 2.27. The number of tetrazole rings is 1. The van der Waals surface area contributed by atoms with Crippen molar-refractivity contribution in [1.29, 1.82) is 0 Å². The molecule has 0 radical (unpaired) electrons. The molecule has 10 heavy (non-hydrogen) atoms. The fourth-order valence-corrected chi connectivity index (χ4v) is 1.82. The van der Waals surface area contributed by atoms with E-state index in [1.165, 1.54) is 0 Å². The summed E-state index contributed by atoms with van der Waals surface area (Å²) in [5, 5.41) is 17.2. The van der Waals surface area contributed by atoms with Gasteiger partial charge in [-0.25, -0.2) is 5.10 Å². The summed E-state index contributed by atoms with van der Waals surface area (Å²) in [4.78, 5) is 0. The quantitative estimate of drug-likeness (QED) is 0.577. The summed E-state index contributed by atoms with van der Waals surface area (Å²) in [5.41, 5.74) is 0. The Labute approximate surface area is 62.0 Å². The topological polar surface area (TPSA) is 66.5 Å². The molecule has 1 aromatic rings. The predicted octanol–water partition coefficient (Wildman–Crippen LogP) is -0.465. The van der Waals surface area contributed by atoms with Crippen LogP contribution < -0.4 is 5.32 Å². The summed E-state index contributed by atoms with van der Waals surface area (Å²) < 4.78 is 0. The lowest BCUT2D eigenvalue weighted by molar-refractivity contribution is 0.771. The Balaban J connectivity index is 2.12. The molecule has 2 heterocycles. The van der Waals surface area contributed by atoms with Gasteiger partial charge in [0, 0.05) is 12.4 Å². The Hall–Kier alpha value is -0.620. The maximum atomic E-state index is 3.82. The second kappa shape index (κ2) is 2.55. The lowest BCUT2D eigenvalue weighted by atomic mass is 10.4. The van der Waals surface area contributed by atoms with E-state index in [0.717, 1.165) is 18.2 Å². The molecule has 0 saturated carbocycles. The van der Waals surface area contributed by atoms with Gasteiger partial charge in [0.15, 0.2) is 5.82 Å². The van der Waals surface area contributed by atoms with Gasteiger partial charge in [0.25, 0.3) is 0 Å². The maximum absolute atomic E-state index is 3.82. The van der Waals surface area contributed by atoms with Gasteiger partial charge in [-0.15, -0.1) is 16.9 Å². The first-order valence-electron chi connectivity index (χ1n) is 3.03. The van der Waals surface area contributed by atoms with Crippen molar-refractivity contribution in [1.82, 2.24) is 25.9 Å². The fourth-order valence-electron chi connectivity index (χ4n) is 0.887. The van der Waals surface area contributed by atoms with Crippen LogP contribution in [0.4, 0.5) is 0 Å². The minimum Gasteiger partial charge on any atom is -0.306 e. The molecule has 2 rings (SSSR count). The van der Waals surface area contributed by atoms with Crippen LogP contribution in [0.1, 0.15) is 11.1 Å². The van der Waals surface area contributed by atoms with Gasteiger partial charge < -0.3 is 5.32 Å². The number of hydrogen-bond donors (Lipinski definition) is 2. The minimum atomic E-state index is 0.412. The van der Waals surface area contributed by atoms with E-state index in [1.54, 1.807) is 0 Å². The molecule has 0 bridgehead atoms. The van der Waals surface area contributed by atoms with E-state index >= 15 is 0 Å². The minimum absolute atomic E-state index is 0.412. The number of thioether (sulfide) groups is 1. The largest absolute Gasteiger partial charge is 0.306 e. The van der Waals surface area contributed by atoms with Crippen LogP contribution in [0.3, 0.4) is 0 Å². The first-order chi connectivity index (χ1) is 4.97. The Morgan fingerprint density at radius 2 is 2.60 bits per heavy atom. The molecule has 1 fully saturated rings. The molecule has 1 saturated heterocycles.